The van der Waals surface area contributed by atoms with Crippen LogP contribution in [-0.2, 0) is 6.54 Å². The van der Waals surface area contributed by atoms with E-state index < -0.39 is 0 Å². The second-order valence-corrected chi connectivity index (χ2v) is 5.98. The van der Waals surface area contributed by atoms with Crippen LogP contribution in [0.3, 0.4) is 0 Å². The van der Waals surface area contributed by atoms with Gasteiger partial charge in [-0.2, -0.15) is 0 Å². The summed E-state index contributed by atoms with van der Waals surface area (Å²) in [5, 5.41) is 4.41. The maximum absolute atomic E-state index is 5.90. The van der Waals surface area contributed by atoms with Gasteiger partial charge in [0.2, 0.25) is 0 Å². The van der Waals surface area contributed by atoms with Crippen molar-refractivity contribution in [2.45, 2.75) is 31.8 Å². The SMILES string of the molecule is CNCC1CCCCN1Cc1ncc(Cl)s1. The van der Waals surface area contributed by atoms with Gasteiger partial charge in [0.1, 0.15) is 9.34 Å². The summed E-state index contributed by atoms with van der Waals surface area (Å²) < 4.78 is 0.789. The van der Waals surface area contributed by atoms with Crippen LogP contribution in [0, 0.1) is 0 Å². The van der Waals surface area contributed by atoms with Crippen molar-refractivity contribution in [2.24, 2.45) is 0 Å². The lowest BCUT2D eigenvalue weighted by Gasteiger charge is -2.35. The summed E-state index contributed by atoms with van der Waals surface area (Å²) in [5.41, 5.74) is 0. The number of nitrogens with one attached hydrogen (secondary N) is 1. The molecule has 1 unspecified atom stereocenters. The molecule has 0 saturated carbocycles. The van der Waals surface area contributed by atoms with Gasteiger partial charge in [0.15, 0.2) is 0 Å². The van der Waals surface area contributed by atoms with E-state index in [1.807, 2.05) is 7.05 Å². The van der Waals surface area contributed by atoms with Crippen molar-refractivity contribution in [3.05, 3.63) is 15.5 Å². The molecule has 2 rings (SSSR count). The number of likely N-dealkylation sites (tertiary alicyclic amines) is 1. The van der Waals surface area contributed by atoms with Crippen molar-refractivity contribution >= 4 is 22.9 Å². The van der Waals surface area contributed by atoms with E-state index in [-0.39, 0.29) is 0 Å². The summed E-state index contributed by atoms with van der Waals surface area (Å²) in [6.07, 6.45) is 5.69. The molecule has 1 fully saturated rings. The zero-order valence-corrected chi connectivity index (χ0v) is 11.2. The summed E-state index contributed by atoms with van der Waals surface area (Å²) in [5.74, 6) is 0. The molecule has 5 heteroatoms. The number of aromatic nitrogens is 1. The van der Waals surface area contributed by atoms with E-state index in [1.54, 1.807) is 17.5 Å². The van der Waals surface area contributed by atoms with Crippen LogP contribution < -0.4 is 5.32 Å². The fourth-order valence-electron chi connectivity index (χ4n) is 2.27. The number of hydrogen-bond acceptors (Lipinski definition) is 4. The van der Waals surface area contributed by atoms with Crippen molar-refractivity contribution in [1.82, 2.24) is 15.2 Å². The molecular weight excluding hydrogens is 242 g/mol. The Morgan fingerprint density at radius 2 is 2.50 bits per heavy atom. The van der Waals surface area contributed by atoms with Gasteiger partial charge in [-0.15, -0.1) is 11.3 Å². The van der Waals surface area contributed by atoms with Crippen LogP contribution in [0.15, 0.2) is 6.20 Å². The predicted molar refractivity (Wildman–Crippen MR) is 69.1 cm³/mol. The zero-order chi connectivity index (χ0) is 11.4. The first-order valence-electron chi connectivity index (χ1n) is 5.78. The van der Waals surface area contributed by atoms with E-state index in [4.69, 9.17) is 11.6 Å². The lowest BCUT2D eigenvalue weighted by molar-refractivity contribution is 0.139. The Bertz CT molecular complexity index is 327. The first-order chi connectivity index (χ1) is 7.79. The van der Waals surface area contributed by atoms with Crippen LogP contribution in [0.5, 0.6) is 0 Å². The number of piperidine rings is 1. The minimum absolute atomic E-state index is 0.654. The molecule has 0 aliphatic carbocycles. The van der Waals surface area contributed by atoms with Gasteiger partial charge in [-0.1, -0.05) is 18.0 Å². The van der Waals surface area contributed by atoms with Gasteiger partial charge in [0, 0.05) is 12.6 Å². The van der Waals surface area contributed by atoms with Gasteiger partial charge in [-0.25, -0.2) is 4.98 Å². The molecule has 0 spiro atoms. The molecule has 1 saturated heterocycles. The van der Waals surface area contributed by atoms with Crippen LogP contribution in [0.1, 0.15) is 24.3 Å². The summed E-state index contributed by atoms with van der Waals surface area (Å²) in [4.78, 5) is 6.85. The Labute approximate surface area is 106 Å². The summed E-state index contributed by atoms with van der Waals surface area (Å²) in [6.45, 7) is 3.20. The van der Waals surface area contributed by atoms with Crippen LogP contribution in [0.4, 0.5) is 0 Å². The van der Waals surface area contributed by atoms with Gasteiger partial charge < -0.3 is 5.32 Å². The number of thiazole rings is 1. The van der Waals surface area contributed by atoms with Crippen LogP contribution in [0.2, 0.25) is 4.34 Å². The third kappa shape index (κ3) is 3.17. The van der Waals surface area contributed by atoms with Crippen molar-refractivity contribution in [3.63, 3.8) is 0 Å². The highest BCUT2D eigenvalue weighted by molar-refractivity contribution is 7.15. The molecule has 3 nitrogen and oxygen atoms in total. The fraction of sp³-hybridized carbons (Fsp3) is 0.727. The fourth-order valence-corrected chi connectivity index (χ4v) is 3.25. The second-order valence-electron chi connectivity index (χ2n) is 4.24. The van der Waals surface area contributed by atoms with E-state index in [9.17, 15) is 0 Å². The van der Waals surface area contributed by atoms with E-state index >= 15 is 0 Å². The predicted octanol–water partition coefficient (Wildman–Crippen LogP) is 2.37. The van der Waals surface area contributed by atoms with Gasteiger partial charge >= 0.3 is 0 Å². The molecule has 2 heterocycles. The Balaban J connectivity index is 1.95. The largest absolute Gasteiger partial charge is 0.318 e. The Kier molecular flexibility index (Phi) is 4.58. The molecule has 0 radical (unpaired) electrons. The van der Waals surface area contributed by atoms with E-state index in [2.05, 4.69) is 15.2 Å². The standard InChI is InChI=1S/C11H18ClN3S/c1-13-6-9-4-2-3-5-15(9)8-11-14-7-10(12)16-11/h7,9,13H,2-6,8H2,1H3. The van der Waals surface area contributed by atoms with E-state index in [1.165, 1.54) is 25.8 Å². The number of halogens is 1. The minimum Gasteiger partial charge on any atom is -0.318 e. The maximum atomic E-state index is 5.90. The van der Waals surface area contributed by atoms with E-state index in [0.717, 1.165) is 22.4 Å². The average molecular weight is 260 g/mol. The highest BCUT2D eigenvalue weighted by atomic mass is 35.5. The molecule has 1 aromatic rings. The quantitative estimate of drug-likeness (QED) is 0.900. The lowest BCUT2D eigenvalue weighted by Crippen LogP contribution is -2.44. The highest BCUT2D eigenvalue weighted by Gasteiger charge is 2.22. The minimum atomic E-state index is 0.654. The molecular formula is C11H18ClN3S. The smallest absolute Gasteiger partial charge is 0.113 e. The van der Waals surface area contributed by atoms with Crippen molar-refractivity contribution < 1.29 is 0 Å². The van der Waals surface area contributed by atoms with Crippen LogP contribution in [0.25, 0.3) is 0 Å². The molecule has 0 amide bonds. The lowest BCUT2D eigenvalue weighted by atomic mass is 10.0. The highest BCUT2D eigenvalue weighted by Crippen LogP contribution is 2.23. The second kappa shape index (κ2) is 5.96. The van der Waals surface area contributed by atoms with Crippen molar-refractivity contribution in [1.29, 1.82) is 0 Å². The molecule has 1 aliphatic heterocycles. The van der Waals surface area contributed by atoms with Gasteiger partial charge in [0.25, 0.3) is 0 Å². The summed E-state index contributed by atoms with van der Waals surface area (Å²) >= 11 is 7.49. The first kappa shape index (κ1) is 12.3. The number of hydrogen-bond donors (Lipinski definition) is 1. The average Bonchev–Trinajstić information content (AvgIpc) is 2.67. The Morgan fingerprint density at radius 1 is 1.62 bits per heavy atom. The molecule has 0 aromatic carbocycles. The molecule has 90 valence electrons. The third-order valence-electron chi connectivity index (χ3n) is 3.05. The monoisotopic (exact) mass is 259 g/mol. The Morgan fingerprint density at radius 3 is 3.19 bits per heavy atom. The van der Waals surface area contributed by atoms with E-state index in [0.29, 0.717) is 6.04 Å². The van der Waals surface area contributed by atoms with Gasteiger partial charge in [-0.3, -0.25) is 4.90 Å². The molecule has 1 aliphatic rings. The summed E-state index contributed by atoms with van der Waals surface area (Å²) in [6, 6.07) is 0.654. The number of likely N-dealkylation sites (N-methyl/N-ethyl adjacent to an activating group) is 1. The number of nitrogens with zero attached hydrogens (tertiary/aromatic N) is 2. The molecule has 1 aromatic heterocycles. The van der Waals surface area contributed by atoms with Gasteiger partial charge in [-0.05, 0) is 26.4 Å². The third-order valence-corrected chi connectivity index (χ3v) is 4.15. The van der Waals surface area contributed by atoms with Crippen molar-refractivity contribution in [2.75, 3.05) is 20.1 Å². The molecule has 16 heavy (non-hydrogen) atoms. The Hall–Kier alpha value is -0.160. The van der Waals surface area contributed by atoms with Crippen LogP contribution in [-0.4, -0.2) is 36.1 Å². The normalized spacial score (nSPS) is 22.5. The molecule has 1 N–H and O–H groups in total. The van der Waals surface area contributed by atoms with Gasteiger partial charge in [0.05, 0.1) is 12.7 Å². The molecule has 0 bridgehead atoms. The summed E-state index contributed by atoms with van der Waals surface area (Å²) in [7, 11) is 2.02. The zero-order valence-electron chi connectivity index (χ0n) is 9.58. The maximum Gasteiger partial charge on any atom is 0.113 e. The first-order valence-corrected chi connectivity index (χ1v) is 6.98. The van der Waals surface area contributed by atoms with Crippen LogP contribution >= 0.6 is 22.9 Å². The topological polar surface area (TPSA) is 28.2 Å². The molecule has 1 atom stereocenters. The number of rotatable bonds is 4. The van der Waals surface area contributed by atoms with Crippen molar-refractivity contribution in [3.8, 4) is 0 Å².